The molecule has 0 aliphatic rings. The van der Waals surface area contributed by atoms with Crippen LogP contribution in [-0.2, 0) is 4.79 Å². The van der Waals surface area contributed by atoms with Gasteiger partial charge >= 0.3 is 0 Å². The summed E-state index contributed by atoms with van der Waals surface area (Å²) < 4.78 is 1.94. The Morgan fingerprint density at radius 2 is 2.23 bits per heavy atom. The van der Waals surface area contributed by atoms with Crippen molar-refractivity contribution in [2.45, 2.75) is 5.16 Å². The van der Waals surface area contributed by atoms with Crippen molar-refractivity contribution in [3.8, 4) is 6.07 Å². The number of anilines is 1. The Hall–Kier alpha value is -2.78. The van der Waals surface area contributed by atoms with Gasteiger partial charge in [0, 0.05) is 11.9 Å². The van der Waals surface area contributed by atoms with E-state index < -0.39 is 0 Å². The van der Waals surface area contributed by atoms with Crippen molar-refractivity contribution < 1.29 is 4.79 Å². The predicted molar refractivity (Wildman–Crippen MR) is 85.7 cm³/mol. The second kappa shape index (κ2) is 6.33. The molecule has 0 spiro atoms. The molecule has 6 heteroatoms. The Morgan fingerprint density at radius 3 is 3.09 bits per heavy atom. The van der Waals surface area contributed by atoms with E-state index in [-0.39, 0.29) is 11.7 Å². The van der Waals surface area contributed by atoms with Gasteiger partial charge in [-0.05, 0) is 30.3 Å². The number of benzene rings is 1. The van der Waals surface area contributed by atoms with Crippen LogP contribution in [-0.4, -0.2) is 21.0 Å². The molecule has 0 aliphatic carbocycles. The number of hydrogen-bond acceptors (Lipinski definition) is 4. The molecular formula is C16H12N4OS. The third kappa shape index (κ3) is 3.10. The van der Waals surface area contributed by atoms with Gasteiger partial charge in [-0.3, -0.25) is 9.20 Å². The van der Waals surface area contributed by atoms with Gasteiger partial charge < -0.3 is 5.32 Å². The van der Waals surface area contributed by atoms with Gasteiger partial charge in [-0.25, -0.2) is 4.98 Å². The third-order valence-electron chi connectivity index (χ3n) is 3.01. The van der Waals surface area contributed by atoms with Crippen LogP contribution in [0.5, 0.6) is 0 Å². The monoisotopic (exact) mass is 308 g/mol. The number of hydrogen-bond donors (Lipinski definition) is 1. The number of carbonyl (C=O) groups is 1. The molecule has 108 valence electrons. The number of rotatable bonds is 4. The largest absolute Gasteiger partial charge is 0.325 e. The van der Waals surface area contributed by atoms with Crippen LogP contribution in [0.1, 0.15) is 5.56 Å². The lowest BCUT2D eigenvalue weighted by Crippen LogP contribution is -2.14. The molecule has 3 rings (SSSR count). The van der Waals surface area contributed by atoms with Crippen molar-refractivity contribution in [3.05, 3.63) is 60.4 Å². The Bertz CT molecular complexity index is 866. The van der Waals surface area contributed by atoms with E-state index in [2.05, 4.69) is 10.3 Å². The van der Waals surface area contributed by atoms with Crippen molar-refractivity contribution >= 4 is 28.9 Å². The third-order valence-corrected chi connectivity index (χ3v) is 3.98. The number of nitriles is 1. The summed E-state index contributed by atoms with van der Waals surface area (Å²) in [6.07, 6.45) is 3.69. The van der Waals surface area contributed by atoms with Gasteiger partial charge in [0.2, 0.25) is 5.91 Å². The Morgan fingerprint density at radius 1 is 1.32 bits per heavy atom. The second-order valence-corrected chi connectivity index (χ2v) is 5.51. The molecule has 0 unspecified atom stereocenters. The van der Waals surface area contributed by atoms with Crippen LogP contribution in [0.3, 0.4) is 0 Å². The van der Waals surface area contributed by atoms with E-state index in [1.54, 1.807) is 30.5 Å². The minimum atomic E-state index is -0.132. The molecule has 0 saturated carbocycles. The first kappa shape index (κ1) is 14.2. The van der Waals surface area contributed by atoms with Crippen LogP contribution >= 0.6 is 11.8 Å². The van der Waals surface area contributed by atoms with Crippen LogP contribution < -0.4 is 5.32 Å². The fourth-order valence-corrected chi connectivity index (χ4v) is 2.78. The van der Waals surface area contributed by atoms with Crippen LogP contribution in [0.15, 0.2) is 60.0 Å². The molecule has 22 heavy (non-hydrogen) atoms. The van der Waals surface area contributed by atoms with Gasteiger partial charge in [-0.15, -0.1) is 0 Å². The maximum atomic E-state index is 12.0. The summed E-state index contributed by atoms with van der Waals surface area (Å²) in [6.45, 7) is 0. The minimum absolute atomic E-state index is 0.132. The van der Waals surface area contributed by atoms with Gasteiger partial charge in [-0.2, -0.15) is 5.26 Å². The normalized spacial score (nSPS) is 10.3. The van der Waals surface area contributed by atoms with Gasteiger partial charge in [-0.1, -0.05) is 23.9 Å². The Kier molecular flexibility index (Phi) is 4.08. The standard InChI is InChI=1S/C16H12N4OS/c17-9-12-4-3-5-13(8-12)19-15(21)11-22-16-18-10-14-6-1-2-7-20(14)16/h1-8,10H,11H2,(H,19,21). The maximum Gasteiger partial charge on any atom is 0.234 e. The summed E-state index contributed by atoms with van der Waals surface area (Å²) >= 11 is 1.37. The Balaban J connectivity index is 1.64. The number of carbonyl (C=O) groups excluding carboxylic acids is 1. The summed E-state index contributed by atoms with van der Waals surface area (Å²) in [4.78, 5) is 16.3. The van der Waals surface area contributed by atoms with Gasteiger partial charge in [0.25, 0.3) is 0 Å². The van der Waals surface area contributed by atoms with E-state index in [9.17, 15) is 4.79 Å². The maximum absolute atomic E-state index is 12.0. The molecule has 3 aromatic rings. The van der Waals surface area contributed by atoms with Crippen molar-refractivity contribution in [2.75, 3.05) is 11.1 Å². The van der Waals surface area contributed by atoms with E-state index in [1.165, 1.54) is 11.8 Å². The highest BCUT2D eigenvalue weighted by Crippen LogP contribution is 2.19. The van der Waals surface area contributed by atoms with E-state index in [0.29, 0.717) is 11.3 Å². The highest BCUT2D eigenvalue weighted by molar-refractivity contribution is 7.99. The minimum Gasteiger partial charge on any atom is -0.325 e. The van der Waals surface area contributed by atoms with Crippen LogP contribution in [0, 0.1) is 11.3 Å². The lowest BCUT2D eigenvalue weighted by molar-refractivity contribution is -0.113. The zero-order valence-corrected chi connectivity index (χ0v) is 12.4. The first-order valence-electron chi connectivity index (χ1n) is 6.61. The van der Waals surface area contributed by atoms with Gasteiger partial charge in [0.15, 0.2) is 5.16 Å². The van der Waals surface area contributed by atoms with Crippen molar-refractivity contribution in [1.82, 2.24) is 9.38 Å². The van der Waals surface area contributed by atoms with Crippen LogP contribution in [0.4, 0.5) is 5.69 Å². The highest BCUT2D eigenvalue weighted by atomic mass is 32.2. The fourth-order valence-electron chi connectivity index (χ4n) is 2.02. The van der Waals surface area contributed by atoms with Crippen molar-refractivity contribution in [3.63, 3.8) is 0 Å². The smallest absolute Gasteiger partial charge is 0.234 e. The Labute approximate surface area is 131 Å². The number of nitrogens with zero attached hydrogens (tertiary/aromatic N) is 3. The molecule has 0 saturated heterocycles. The van der Waals surface area contributed by atoms with Gasteiger partial charge in [0.05, 0.1) is 29.1 Å². The first-order chi connectivity index (χ1) is 10.8. The average Bonchev–Trinajstić information content (AvgIpc) is 2.96. The molecule has 0 atom stereocenters. The summed E-state index contributed by atoms with van der Waals surface area (Å²) in [5, 5.41) is 12.4. The number of thioether (sulfide) groups is 1. The van der Waals surface area contributed by atoms with E-state index in [4.69, 9.17) is 5.26 Å². The zero-order chi connectivity index (χ0) is 15.4. The van der Waals surface area contributed by atoms with Crippen molar-refractivity contribution in [2.24, 2.45) is 0 Å². The molecule has 0 aliphatic heterocycles. The number of pyridine rings is 1. The SMILES string of the molecule is N#Cc1cccc(NC(=O)CSc2ncc3ccccn23)c1. The highest BCUT2D eigenvalue weighted by Gasteiger charge is 2.08. The van der Waals surface area contributed by atoms with Crippen LogP contribution in [0.25, 0.3) is 5.52 Å². The molecule has 1 aromatic carbocycles. The zero-order valence-electron chi connectivity index (χ0n) is 11.6. The topological polar surface area (TPSA) is 70.2 Å². The lowest BCUT2D eigenvalue weighted by atomic mass is 10.2. The molecule has 2 heterocycles. The molecule has 1 amide bonds. The second-order valence-electron chi connectivity index (χ2n) is 4.57. The number of amides is 1. The van der Waals surface area contributed by atoms with E-state index in [1.807, 2.05) is 34.9 Å². The van der Waals surface area contributed by atoms with Crippen LogP contribution in [0.2, 0.25) is 0 Å². The molecule has 5 nitrogen and oxygen atoms in total. The summed E-state index contributed by atoms with van der Waals surface area (Å²) in [5.41, 5.74) is 2.13. The summed E-state index contributed by atoms with van der Waals surface area (Å²) in [5.74, 6) is 0.123. The molecule has 0 radical (unpaired) electrons. The number of fused-ring (bicyclic) bond motifs is 1. The molecular weight excluding hydrogens is 296 g/mol. The molecule has 0 bridgehead atoms. The molecule has 0 fully saturated rings. The van der Waals surface area contributed by atoms with Crippen molar-refractivity contribution in [1.29, 1.82) is 5.26 Å². The number of nitrogens with one attached hydrogen (secondary N) is 1. The summed E-state index contributed by atoms with van der Waals surface area (Å²) in [6, 6.07) is 14.7. The fraction of sp³-hybridized carbons (Fsp3) is 0.0625. The average molecular weight is 308 g/mol. The number of imidazole rings is 1. The predicted octanol–water partition coefficient (Wildman–Crippen LogP) is 2.94. The van der Waals surface area contributed by atoms with E-state index in [0.717, 1.165) is 10.7 Å². The first-order valence-corrected chi connectivity index (χ1v) is 7.60. The van der Waals surface area contributed by atoms with Gasteiger partial charge in [0.1, 0.15) is 0 Å². The molecule has 2 aromatic heterocycles. The summed E-state index contributed by atoms with van der Waals surface area (Å²) in [7, 11) is 0. The molecule has 1 N–H and O–H groups in total. The van der Waals surface area contributed by atoms with E-state index >= 15 is 0 Å². The quantitative estimate of drug-likeness (QED) is 0.752. The number of aromatic nitrogens is 2. The lowest BCUT2D eigenvalue weighted by Gasteiger charge is -2.05.